The van der Waals surface area contributed by atoms with Crippen LogP contribution in [-0.4, -0.2) is 29.1 Å². The van der Waals surface area contributed by atoms with Crippen molar-refractivity contribution in [1.82, 2.24) is 15.0 Å². The van der Waals surface area contributed by atoms with Gasteiger partial charge in [-0.3, -0.25) is 0 Å². The topological polar surface area (TPSA) is 95.8 Å². The zero-order valence-electron chi connectivity index (χ0n) is 16.4. The molecule has 0 atom stereocenters. The molecule has 0 spiro atoms. The number of hydrogen-bond donors (Lipinski definition) is 2. The van der Waals surface area contributed by atoms with Crippen LogP contribution in [0.1, 0.15) is 22.5 Å². The van der Waals surface area contributed by atoms with E-state index in [4.69, 9.17) is 4.74 Å². The van der Waals surface area contributed by atoms with Crippen LogP contribution in [0.15, 0.2) is 36.4 Å². The molecule has 7 heteroatoms. The molecule has 1 aliphatic carbocycles. The highest BCUT2D eigenvalue weighted by Crippen LogP contribution is 2.35. The number of pyridine rings is 1. The summed E-state index contributed by atoms with van der Waals surface area (Å²) < 4.78 is 5.55. The van der Waals surface area contributed by atoms with Gasteiger partial charge in [0.1, 0.15) is 23.3 Å². The molecule has 3 aromatic rings. The number of anilines is 3. The van der Waals surface area contributed by atoms with Crippen LogP contribution >= 0.6 is 0 Å². The third-order valence-electron chi connectivity index (χ3n) is 4.71. The molecule has 0 radical (unpaired) electrons. The number of methoxy groups -OCH3 is 1. The minimum absolute atomic E-state index is 0.423. The van der Waals surface area contributed by atoms with E-state index in [9.17, 15) is 5.26 Å². The fraction of sp³-hybridized carbons (Fsp3) is 0.182. The number of aryl methyl sites for hydroxylation is 1. The maximum atomic E-state index is 9.51. The Balaban J connectivity index is 1.76. The van der Waals surface area contributed by atoms with Crippen molar-refractivity contribution >= 4 is 23.5 Å². The molecule has 7 nitrogen and oxygen atoms in total. The molecule has 0 unspecified atom stereocenters. The molecule has 0 fully saturated rings. The molecule has 29 heavy (non-hydrogen) atoms. The summed E-state index contributed by atoms with van der Waals surface area (Å²) in [5, 5.41) is 15.8. The third kappa shape index (κ3) is 3.60. The summed E-state index contributed by atoms with van der Waals surface area (Å²) in [4.78, 5) is 13.4. The van der Waals surface area contributed by atoms with E-state index in [1.807, 2.05) is 56.5 Å². The van der Waals surface area contributed by atoms with Crippen LogP contribution in [0.25, 0.3) is 17.3 Å². The molecule has 2 N–H and O–H groups in total. The number of benzene rings is 1. The van der Waals surface area contributed by atoms with Crippen LogP contribution in [0.4, 0.5) is 17.5 Å². The fourth-order valence-corrected chi connectivity index (χ4v) is 3.36. The SMILES string of the molecule is CNc1cc(C)nc(Nc2ccc(OC)c(-c3cc4c(c(C#N)n3)C=CC4)c2)n1. The zero-order valence-corrected chi connectivity index (χ0v) is 16.4. The summed E-state index contributed by atoms with van der Waals surface area (Å²) in [6.45, 7) is 1.92. The molecule has 0 amide bonds. The lowest BCUT2D eigenvalue weighted by molar-refractivity contribution is 0.416. The molecule has 144 valence electrons. The van der Waals surface area contributed by atoms with Gasteiger partial charge < -0.3 is 15.4 Å². The Labute approximate surface area is 169 Å². The van der Waals surface area contributed by atoms with Crippen molar-refractivity contribution in [2.45, 2.75) is 13.3 Å². The molecule has 1 aliphatic rings. The Morgan fingerprint density at radius 2 is 2.00 bits per heavy atom. The smallest absolute Gasteiger partial charge is 0.229 e. The van der Waals surface area contributed by atoms with Crippen molar-refractivity contribution in [3.05, 3.63) is 58.9 Å². The first kappa shape index (κ1) is 18.4. The second-order valence-corrected chi connectivity index (χ2v) is 6.66. The lowest BCUT2D eigenvalue weighted by Crippen LogP contribution is -2.03. The van der Waals surface area contributed by atoms with Gasteiger partial charge in [0.25, 0.3) is 0 Å². The van der Waals surface area contributed by atoms with E-state index in [0.717, 1.165) is 40.3 Å². The van der Waals surface area contributed by atoms with E-state index < -0.39 is 0 Å². The molecule has 2 aromatic heterocycles. The second kappa shape index (κ2) is 7.60. The Kier molecular flexibility index (Phi) is 4.83. The molecular weight excluding hydrogens is 364 g/mol. The highest BCUT2D eigenvalue weighted by Gasteiger charge is 2.17. The normalized spacial score (nSPS) is 11.7. The third-order valence-corrected chi connectivity index (χ3v) is 4.71. The van der Waals surface area contributed by atoms with Crippen LogP contribution < -0.4 is 15.4 Å². The molecule has 0 saturated heterocycles. The summed E-state index contributed by atoms with van der Waals surface area (Å²) in [5.41, 5.74) is 5.56. The van der Waals surface area contributed by atoms with Gasteiger partial charge in [0.15, 0.2) is 0 Å². The van der Waals surface area contributed by atoms with Gasteiger partial charge in [-0.1, -0.05) is 12.2 Å². The zero-order chi connectivity index (χ0) is 20.4. The lowest BCUT2D eigenvalue weighted by atomic mass is 10.0. The largest absolute Gasteiger partial charge is 0.496 e. The Morgan fingerprint density at radius 1 is 1.14 bits per heavy atom. The van der Waals surface area contributed by atoms with Gasteiger partial charge in [-0.2, -0.15) is 10.2 Å². The molecule has 4 rings (SSSR count). The quantitative estimate of drug-likeness (QED) is 0.684. The van der Waals surface area contributed by atoms with Gasteiger partial charge in [0.05, 0.1) is 12.8 Å². The van der Waals surface area contributed by atoms with Gasteiger partial charge in [-0.15, -0.1) is 0 Å². The summed E-state index contributed by atoms with van der Waals surface area (Å²) in [6.07, 6.45) is 4.79. The maximum absolute atomic E-state index is 9.51. The van der Waals surface area contributed by atoms with Crippen LogP contribution in [0.5, 0.6) is 5.75 Å². The first-order chi connectivity index (χ1) is 14.1. The standard InChI is InChI=1S/C22H20N6O/c1-13-9-21(24-2)28-22(25-13)26-15-7-8-20(29-3)17(11-15)18-10-14-5-4-6-16(14)19(12-23)27-18/h4,6-11H,5H2,1-3H3,(H2,24,25,26,28). The molecule has 0 saturated carbocycles. The molecule has 0 bridgehead atoms. The summed E-state index contributed by atoms with van der Waals surface area (Å²) in [5.74, 6) is 1.91. The minimum Gasteiger partial charge on any atom is -0.496 e. The van der Waals surface area contributed by atoms with Gasteiger partial charge in [0.2, 0.25) is 5.95 Å². The van der Waals surface area contributed by atoms with Crippen LogP contribution in [-0.2, 0) is 6.42 Å². The highest BCUT2D eigenvalue weighted by molar-refractivity contribution is 5.76. The van der Waals surface area contributed by atoms with E-state index in [1.165, 1.54) is 0 Å². The van der Waals surface area contributed by atoms with Crippen molar-refractivity contribution in [3.63, 3.8) is 0 Å². The second-order valence-electron chi connectivity index (χ2n) is 6.66. The number of nitrogens with zero attached hydrogens (tertiary/aromatic N) is 4. The number of allylic oxidation sites excluding steroid dienone is 1. The average Bonchev–Trinajstić information content (AvgIpc) is 3.21. The predicted octanol–water partition coefficient (Wildman–Crippen LogP) is 4.08. The van der Waals surface area contributed by atoms with Crippen molar-refractivity contribution in [1.29, 1.82) is 5.26 Å². The number of nitrogens with one attached hydrogen (secondary N) is 2. The summed E-state index contributed by atoms with van der Waals surface area (Å²) in [6, 6.07) is 11.8. The lowest BCUT2D eigenvalue weighted by Gasteiger charge is -2.13. The van der Waals surface area contributed by atoms with Gasteiger partial charge in [0, 0.05) is 35.6 Å². The number of aromatic nitrogens is 3. The van der Waals surface area contributed by atoms with E-state index in [1.54, 1.807) is 7.11 Å². The van der Waals surface area contributed by atoms with Gasteiger partial charge >= 0.3 is 0 Å². The molecular formula is C22H20N6O. The molecule has 2 heterocycles. The van der Waals surface area contributed by atoms with Gasteiger partial charge in [-0.05, 0) is 43.2 Å². The number of rotatable bonds is 5. The van der Waals surface area contributed by atoms with Crippen molar-refractivity contribution in [2.24, 2.45) is 0 Å². The van der Waals surface area contributed by atoms with Crippen LogP contribution in [0, 0.1) is 18.3 Å². The number of fused-ring (bicyclic) bond motifs is 1. The number of ether oxygens (including phenoxy) is 1. The van der Waals surface area contributed by atoms with E-state index in [2.05, 4.69) is 31.7 Å². The first-order valence-electron chi connectivity index (χ1n) is 9.20. The van der Waals surface area contributed by atoms with Crippen molar-refractivity contribution in [3.8, 4) is 23.1 Å². The Morgan fingerprint density at radius 3 is 2.76 bits per heavy atom. The monoisotopic (exact) mass is 384 g/mol. The average molecular weight is 384 g/mol. The van der Waals surface area contributed by atoms with E-state index in [0.29, 0.717) is 23.1 Å². The first-order valence-corrected chi connectivity index (χ1v) is 9.20. The fourth-order valence-electron chi connectivity index (χ4n) is 3.36. The summed E-state index contributed by atoms with van der Waals surface area (Å²) >= 11 is 0. The predicted molar refractivity (Wildman–Crippen MR) is 113 cm³/mol. The Hall–Kier alpha value is -3.92. The van der Waals surface area contributed by atoms with Gasteiger partial charge in [-0.25, -0.2) is 9.97 Å². The number of nitriles is 1. The van der Waals surface area contributed by atoms with Crippen molar-refractivity contribution < 1.29 is 4.74 Å². The van der Waals surface area contributed by atoms with Crippen LogP contribution in [0.2, 0.25) is 0 Å². The van der Waals surface area contributed by atoms with E-state index in [-0.39, 0.29) is 0 Å². The summed E-state index contributed by atoms with van der Waals surface area (Å²) in [7, 11) is 3.44. The molecule has 1 aromatic carbocycles. The minimum atomic E-state index is 0.423. The Bertz CT molecular complexity index is 1160. The van der Waals surface area contributed by atoms with Crippen molar-refractivity contribution in [2.75, 3.05) is 24.8 Å². The highest BCUT2D eigenvalue weighted by atomic mass is 16.5. The maximum Gasteiger partial charge on any atom is 0.229 e. The number of hydrogen-bond acceptors (Lipinski definition) is 7. The molecule has 0 aliphatic heterocycles. The van der Waals surface area contributed by atoms with E-state index >= 15 is 0 Å². The van der Waals surface area contributed by atoms with Crippen LogP contribution in [0.3, 0.4) is 0 Å².